The van der Waals surface area contributed by atoms with Crippen molar-refractivity contribution < 1.29 is 22.8 Å². The first-order valence-corrected chi connectivity index (χ1v) is 12.4. The monoisotopic (exact) mass is 525 g/mol. The van der Waals surface area contributed by atoms with Crippen LogP contribution in [0.25, 0.3) is 6.08 Å². The molecule has 0 atom stereocenters. The van der Waals surface area contributed by atoms with E-state index in [1.54, 1.807) is 41.6 Å². The molecule has 0 spiro atoms. The van der Waals surface area contributed by atoms with Crippen LogP contribution in [0.4, 0.5) is 24.8 Å². The van der Waals surface area contributed by atoms with Crippen LogP contribution in [0.1, 0.15) is 11.1 Å². The van der Waals surface area contributed by atoms with E-state index in [2.05, 4.69) is 9.97 Å². The molecule has 0 bridgehead atoms. The number of thioether (sulfide) groups is 1. The Bertz CT molecular complexity index is 1320. The second kappa shape index (κ2) is 10.3. The Morgan fingerprint density at radius 1 is 0.946 bits per heavy atom. The number of anilines is 2. The van der Waals surface area contributed by atoms with Gasteiger partial charge in [0, 0.05) is 43.5 Å². The normalized spacial score (nSPS) is 17.2. The highest BCUT2D eigenvalue weighted by Crippen LogP contribution is 2.42. The molecule has 2 aliphatic heterocycles. The van der Waals surface area contributed by atoms with Crippen LogP contribution in [0, 0.1) is 0 Å². The maximum absolute atomic E-state index is 13.4. The first-order valence-electron chi connectivity index (χ1n) is 11.6. The molecule has 0 radical (unpaired) electrons. The zero-order valence-corrected chi connectivity index (χ0v) is 20.4. The molecule has 0 saturated carbocycles. The van der Waals surface area contributed by atoms with E-state index in [1.165, 1.54) is 28.8 Å². The highest BCUT2D eigenvalue weighted by atomic mass is 32.2. The van der Waals surface area contributed by atoms with Crippen LogP contribution in [0.2, 0.25) is 0 Å². The number of nitrogens with zero attached hydrogens (tertiary/aromatic N) is 5. The van der Waals surface area contributed by atoms with Gasteiger partial charge in [0.25, 0.3) is 5.91 Å². The molecule has 0 aliphatic carbocycles. The molecule has 190 valence electrons. The van der Waals surface area contributed by atoms with Crippen molar-refractivity contribution in [1.29, 1.82) is 0 Å². The Hall–Kier alpha value is -3.86. The first-order chi connectivity index (χ1) is 17.8. The Kier molecular flexibility index (Phi) is 6.88. The molecule has 2 aromatic carbocycles. The molecule has 1 aromatic heterocycles. The van der Waals surface area contributed by atoms with Crippen LogP contribution in [0.3, 0.4) is 0 Å². The van der Waals surface area contributed by atoms with E-state index in [9.17, 15) is 22.8 Å². The molecule has 7 nitrogen and oxygen atoms in total. The number of alkyl halides is 3. The van der Waals surface area contributed by atoms with Gasteiger partial charge >= 0.3 is 6.18 Å². The van der Waals surface area contributed by atoms with Crippen molar-refractivity contribution in [3.8, 4) is 0 Å². The molecular weight excluding hydrogens is 503 g/mol. The van der Waals surface area contributed by atoms with Crippen LogP contribution in [0.15, 0.2) is 76.8 Å². The Balaban J connectivity index is 1.32. The minimum atomic E-state index is -4.43. The van der Waals surface area contributed by atoms with Crippen molar-refractivity contribution in [3.63, 3.8) is 0 Å². The van der Waals surface area contributed by atoms with Gasteiger partial charge in [-0.25, -0.2) is 9.97 Å². The van der Waals surface area contributed by atoms with Gasteiger partial charge in [0.05, 0.1) is 16.2 Å². The maximum Gasteiger partial charge on any atom is 0.416 e. The molecule has 3 aromatic rings. The first kappa shape index (κ1) is 24.8. The molecular formula is C26H22F3N5O2S. The van der Waals surface area contributed by atoms with Crippen molar-refractivity contribution in [3.05, 3.63) is 83.0 Å². The summed E-state index contributed by atoms with van der Waals surface area (Å²) in [6.45, 7) is 1.97. The molecule has 11 heteroatoms. The molecule has 1 fully saturated rings. The smallest absolute Gasteiger partial charge is 0.338 e. The number of fused-ring (bicyclic) bond motifs is 1. The van der Waals surface area contributed by atoms with Crippen molar-refractivity contribution in [1.82, 2.24) is 14.9 Å². The van der Waals surface area contributed by atoms with Gasteiger partial charge in [0.15, 0.2) is 0 Å². The lowest BCUT2D eigenvalue weighted by Gasteiger charge is -2.36. The van der Waals surface area contributed by atoms with E-state index in [1.807, 2.05) is 17.0 Å². The third-order valence-electron chi connectivity index (χ3n) is 6.13. The lowest BCUT2D eigenvalue weighted by Crippen LogP contribution is -2.52. The number of piperazine rings is 1. The molecule has 37 heavy (non-hydrogen) atoms. The second-order valence-electron chi connectivity index (χ2n) is 8.51. The Morgan fingerprint density at radius 2 is 1.62 bits per heavy atom. The van der Waals surface area contributed by atoms with E-state index in [4.69, 9.17) is 0 Å². The molecule has 1 saturated heterocycles. The van der Waals surface area contributed by atoms with Crippen molar-refractivity contribution >= 4 is 41.3 Å². The van der Waals surface area contributed by atoms with Gasteiger partial charge in [0.1, 0.15) is 6.54 Å². The van der Waals surface area contributed by atoms with Crippen LogP contribution in [-0.2, 0) is 15.8 Å². The average Bonchev–Trinajstić information content (AvgIpc) is 2.91. The lowest BCUT2D eigenvalue weighted by atomic mass is 10.1. The fourth-order valence-electron chi connectivity index (χ4n) is 4.18. The predicted octanol–water partition coefficient (Wildman–Crippen LogP) is 4.32. The fraction of sp³-hybridized carbons (Fsp3) is 0.231. The summed E-state index contributed by atoms with van der Waals surface area (Å²) in [6.07, 6.45) is 0.468. The summed E-state index contributed by atoms with van der Waals surface area (Å²) >= 11 is 1.24. The van der Waals surface area contributed by atoms with Crippen LogP contribution >= 0.6 is 11.8 Å². The molecule has 2 amide bonds. The van der Waals surface area contributed by atoms with Gasteiger partial charge in [0.2, 0.25) is 11.9 Å². The van der Waals surface area contributed by atoms with Gasteiger partial charge in [-0.1, -0.05) is 36.0 Å². The molecule has 0 unspecified atom stereocenters. The highest BCUT2D eigenvalue weighted by Gasteiger charge is 2.33. The van der Waals surface area contributed by atoms with E-state index in [-0.39, 0.29) is 18.4 Å². The topological polar surface area (TPSA) is 69.6 Å². The molecule has 2 aliphatic rings. The van der Waals surface area contributed by atoms with E-state index >= 15 is 0 Å². The number of hydrogen-bond donors (Lipinski definition) is 0. The number of rotatable bonds is 4. The number of amides is 2. The summed E-state index contributed by atoms with van der Waals surface area (Å²) in [5.74, 6) is 0.0654. The van der Waals surface area contributed by atoms with Gasteiger partial charge in [-0.2, -0.15) is 13.2 Å². The predicted molar refractivity (Wildman–Crippen MR) is 135 cm³/mol. The zero-order chi connectivity index (χ0) is 26.0. The summed E-state index contributed by atoms with van der Waals surface area (Å²) in [6, 6.07) is 13.6. The number of carbonyl (C=O) groups excluding carboxylic acids is 2. The summed E-state index contributed by atoms with van der Waals surface area (Å²) in [5, 5.41) is 0. The van der Waals surface area contributed by atoms with Crippen LogP contribution in [-0.4, -0.2) is 59.4 Å². The van der Waals surface area contributed by atoms with Crippen LogP contribution in [0.5, 0.6) is 0 Å². The standard InChI is InChI=1S/C26H22F3N5O2S/c27-26(28,29)19-8-6-18(7-9-19)16-22-24(36)34(20-4-1-2-5-21(20)37-22)17-23(35)32-12-14-33(15-13-32)25-30-10-3-11-31-25/h1-11,16H,12-15,17H2/b22-16-. The third-order valence-corrected chi connectivity index (χ3v) is 7.21. The largest absolute Gasteiger partial charge is 0.416 e. The number of carbonyl (C=O) groups is 2. The van der Waals surface area contributed by atoms with Gasteiger partial charge < -0.3 is 9.80 Å². The van der Waals surface area contributed by atoms with E-state index < -0.39 is 11.7 Å². The number of para-hydroxylation sites is 1. The van der Waals surface area contributed by atoms with Crippen molar-refractivity contribution in [2.24, 2.45) is 0 Å². The van der Waals surface area contributed by atoms with Gasteiger partial charge in [-0.05, 0) is 42.0 Å². The minimum absolute atomic E-state index is 0.136. The number of halogens is 3. The van der Waals surface area contributed by atoms with E-state index in [0.717, 1.165) is 17.0 Å². The zero-order valence-electron chi connectivity index (χ0n) is 19.6. The SMILES string of the molecule is O=C(CN1C(=O)/C(=C/c2ccc(C(F)(F)F)cc2)Sc2ccccc21)N1CCN(c2ncccn2)CC1. The quantitative estimate of drug-likeness (QED) is 0.473. The van der Waals surface area contributed by atoms with Gasteiger partial charge in [-0.3, -0.25) is 14.5 Å². The van der Waals surface area contributed by atoms with Gasteiger partial charge in [-0.15, -0.1) is 0 Å². The summed E-state index contributed by atoms with van der Waals surface area (Å²) < 4.78 is 38.7. The number of hydrogen-bond acceptors (Lipinski definition) is 6. The molecule has 5 rings (SSSR count). The lowest BCUT2D eigenvalue weighted by molar-refractivity contribution is -0.137. The Labute approximate surface area is 215 Å². The highest BCUT2D eigenvalue weighted by molar-refractivity contribution is 8.04. The maximum atomic E-state index is 13.4. The van der Waals surface area contributed by atoms with Crippen molar-refractivity contribution in [2.45, 2.75) is 11.1 Å². The van der Waals surface area contributed by atoms with E-state index in [0.29, 0.717) is 48.3 Å². The minimum Gasteiger partial charge on any atom is -0.338 e. The Morgan fingerprint density at radius 3 is 2.30 bits per heavy atom. The molecule has 3 heterocycles. The van der Waals surface area contributed by atoms with Crippen LogP contribution < -0.4 is 9.80 Å². The molecule has 0 N–H and O–H groups in total. The average molecular weight is 526 g/mol. The second-order valence-corrected chi connectivity index (χ2v) is 9.59. The third kappa shape index (κ3) is 5.46. The van der Waals surface area contributed by atoms with Crippen molar-refractivity contribution in [2.75, 3.05) is 42.5 Å². The summed E-state index contributed by atoms with van der Waals surface area (Å²) in [4.78, 5) is 41.4. The number of benzene rings is 2. The summed E-state index contributed by atoms with van der Waals surface area (Å²) in [5.41, 5.74) is 0.342. The fourth-order valence-corrected chi connectivity index (χ4v) is 5.24. The summed E-state index contributed by atoms with van der Waals surface area (Å²) in [7, 11) is 0. The number of aromatic nitrogens is 2.